The largest absolute Gasteiger partial charge is 4.00 e. The van der Waals surface area contributed by atoms with E-state index in [1.54, 1.807) is 0 Å². The zero-order chi connectivity index (χ0) is 51.7. The second-order valence-electron chi connectivity index (χ2n) is 21.5. The summed E-state index contributed by atoms with van der Waals surface area (Å²) in [5, 5.41) is 5.60. The van der Waals surface area contributed by atoms with E-state index in [0.717, 1.165) is 0 Å². The molecule has 0 fully saturated rings. The average molecular weight is 1090 g/mol. The van der Waals surface area contributed by atoms with Crippen LogP contribution in [0.25, 0.3) is 0 Å². The van der Waals surface area contributed by atoms with Crippen LogP contribution in [-0.2, 0) is 21.7 Å². The molecule has 0 aromatic heterocycles. The summed E-state index contributed by atoms with van der Waals surface area (Å²) in [6.07, 6.45) is 0. The van der Waals surface area contributed by atoms with Gasteiger partial charge in [0.1, 0.15) is 0 Å². The first-order valence-electron chi connectivity index (χ1n) is 23.7. The van der Waals surface area contributed by atoms with Crippen molar-refractivity contribution in [2.75, 3.05) is 228 Å². The number of anilines is 12. The Bertz CT molecular complexity index is 2260. The van der Waals surface area contributed by atoms with Crippen LogP contribution in [0.5, 0.6) is 0 Å². The molecule has 17 heteroatoms. The topological polar surface area (TPSA) is 38.9 Å². The third-order valence-corrected chi connectivity index (χ3v) is 19.4. The smallest absolute Gasteiger partial charge is 1.00 e. The molecule has 0 unspecified atom stereocenters. The normalized spacial score (nSPS) is 10.9. The summed E-state index contributed by atoms with van der Waals surface area (Å²) in [7, 11) is 50.0. The molecule has 0 radical (unpaired) electrons. The van der Waals surface area contributed by atoms with E-state index in [0.29, 0.717) is 0 Å². The van der Waals surface area contributed by atoms with Crippen molar-refractivity contribution in [1.82, 2.24) is 0 Å². The van der Waals surface area contributed by atoms with Gasteiger partial charge in [0, 0.05) is 202 Å². The fourth-order valence-corrected chi connectivity index (χ4v) is 19.3. The molecule has 4 aromatic carbocycles. The van der Waals surface area contributed by atoms with Crippen molar-refractivity contribution in [1.29, 1.82) is 0 Å². The Morgan fingerprint density at radius 3 is 0.577 bits per heavy atom. The molecule has 0 N–H and O–H groups in total. The van der Waals surface area contributed by atoms with Gasteiger partial charge < -0.3 is 96.0 Å². The van der Waals surface area contributed by atoms with Crippen molar-refractivity contribution >= 4 is 97.1 Å². The average Bonchev–Trinajstić information content (AvgIpc) is 3.37. The summed E-state index contributed by atoms with van der Waals surface area (Å²) < 4.78 is 0. The first-order valence-corrected chi connectivity index (χ1v) is 25.7. The van der Waals surface area contributed by atoms with Crippen molar-refractivity contribution in [3.8, 4) is 0 Å². The Hall–Kier alpha value is -3.59. The molecular weight excluding hydrogens is 999 g/mol. The third-order valence-electron chi connectivity index (χ3n) is 14.2. The fraction of sp³-hybridized carbons (Fsp3) is 0.574. The monoisotopic (exact) mass is 1090 g/mol. The molecule has 0 spiro atoms. The Morgan fingerprint density at radius 1 is 0.254 bits per heavy atom. The van der Waals surface area contributed by atoms with Crippen LogP contribution < -0.4 is 117 Å². The van der Waals surface area contributed by atoms with E-state index in [9.17, 15) is 0 Å². The van der Waals surface area contributed by atoms with E-state index in [-0.39, 0.29) is 58.9 Å². The molecule has 12 nitrogen and oxygen atoms in total. The molecule has 0 aliphatic carbocycles. The van der Waals surface area contributed by atoms with E-state index in [2.05, 4.69) is 276 Å². The van der Waals surface area contributed by atoms with Crippen molar-refractivity contribution in [2.45, 2.75) is 48.5 Å². The minimum atomic E-state index is -3.93. The Balaban J connectivity index is 0.0000122. The van der Waals surface area contributed by atoms with Crippen molar-refractivity contribution in [3.63, 3.8) is 0 Å². The maximum Gasteiger partial charge on any atom is 4.00 e. The molecular formula is C54H93Cl3N12SiTi. The molecule has 0 amide bonds. The Morgan fingerprint density at radius 2 is 0.437 bits per heavy atom. The number of hydrogen-bond acceptors (Lipinski definition) is 12. The summed E-state index contributed by atoms with van der Waals surface area (Å²) >= 11 is 0. The first kappa shape index (κ1) is 67.4. The molecule has 0 aliphatic rings. The van der Waals surface area contributed by atoms with Gasteiger partial charge in [-0.05, 0) is 37.5 Å². The predicted molar refractivity (Wildman–Crippen MR) is 311 cm³/mol. The van der Waals surface area contributed by atoms with E-state index in [4.69, 9.17) is 0 Å². The molecule has 4 rings (SSSR count). The molecule has 0 heterocycles. The van der Waals surface area contributed by atoms with Gasteiger partial charge in [-0.1, -0.05) is 27.7 Å². The van der Waals surface area contributed by atoms with Crippen LogP contribution >= 0.6 is 0 Å². The third kappa shape index (κ3) is 10.7. The summed E-state index contributed by atoms with van der Waals surface area (Å²) in [5.74, 6) is 0. The van der Waals surface area contributed by atoms with Gasteiger partial charge in [-0.25, -0.2) is 0 Å². The van der Waals surface area contributed by atoms with E-state index >= 15 is 0 Å². The van der Waals surface area contributed by atoms with Crippen molar-refractivity contribution in [3.05, 3.63) is 38.9 Å². The van der Waals surface area contributed by atoms with Crippen LogP contribution in [0, 0.1) is 48.5 Å². The van der Waals surface area contributed by atoms with Gasteiger partial charge in [0.05, 0.1) is 51.2 Å². The van der Waals surface area contributed by atoms with Gasteiger partial charge in [0.2, 0.25) is 0 Å². The van der Waals surface area contributed by atoms with E-state index in [1.165, 1.54) is 128 Å². The van der Waals surface area contributed by atoms with Gasteiger partial charge >= 0.3 is 21.7 Å². The van der Waals surface area contributed by atoms with Gasteiger partial charge in [-0.15, -0.1) is 0 Å². The van der Waals surface area contributed by atoms with E-state index in [1.807, 2.05) is 0 Å². The minimum absolute atomic E-state index is 0. The SMILES string of the molecule is Cc1c(N(C)C)c(N(C)C)c(N(C)C)c([Si](c2c(N(C)C)c(C)c(N(C)C)c(N(C)C)c2N(C)C)(c2c(N(C)C)c(C)c(N(C)C)c(N(C)C)c2N(C)C)c2c(C)c(C)c(C)[c-]2C)c1N(C)C.[Cl-].[Cl-].[Cl-].[Ti+4]. The standard InChI is InChI=1S/C54H93N12Si.3ClH.Ti/c1-32-33(2)35(4)51(34(32)3)67(52-42(58(14)15)36(5)39(55(8)9)45(61(20)21)48(52)64(26)27,53-43(59(16)17)37(6)40(56(10)11)46(62(22)23)49(53)65(28)29)54-44(60(18)19)38(7)41(57(12)13)47(63(24)25)50(54)66(30)31;;;;/h1-31H3;3*1H;/q-1;;;;+4/p-3. The van der Waals surface area contributed by atoms with Gasteiger partial charge in [-0.2, -0.15) is 27.4 Å². The summed E-state index contributed by atoms with van der Waals surface area (Å²) in [5.41, 5.74) is 23.9. The van der Waals surface area contributed by atoms with Gasteiger partial charge in [0.15, 0.2) is 8.07 Å². The Kier molecular flexibility index (Phi) is 23.4. The van der Waals surface area contributed by atoms with Gasteiger partial charge in [-0.3, -0.25) is 0 Å². The van der Waals surface area contributed by atoms with Crippen LogP contribution in [0.15, 0.2) is 0 Å². The summed E-state index contributed by atoms with van der Waals surface area (Å²) in [6.45, 7) is 16.7. The molecule has 71 heavy (non-hydrogen) atoms. The molecule has 0 saturated heterocycles. The molecule has 4 aromatic rings. The fourth-order valence-electron chi connectivity index (χ4n) is 12.0. The van der Waals surface area contributed by atoms with Crippen LogP contribution in [0.2, 0.25) is 0 Å². The first-order chi connectivity index (χ1) is 30.7. The molecule has 0 saturated carbocycles. The van der Waals surface area contributed by atoms with Crippen LogP contribution in [0.3, 0.4) is 0 Å². The molecule has 0 atom stereocenters. The maximum atomic E-state index is 2.44. The van der Waals surface area contributed by atoms with Crippen LogP contribution in [-0.4, -0.2) is 177 Å². The zero-order valence-electron chi connectivity index (χ0n) is 50.0. The van der Waals surface area contributed by atoms with Crippen molar-refractivity contribution < 1.29 is 58.9 Å². The minimum Gasteiger partial charge on any atom is -1.00 e. The second kappa shape index (κ2) is 24.6. The number of benzene rings is 3. The van der Waals surface area contributed by atoms with Crippen LogP contribution in [0.4, 0.5) is 68.2 Å². The Labute approximate surface area is 468 Å². The zero-order valence-corrected chi connectivity index (χ0v) is 54.8. The molecule has 398 valence electrons. The maximum absolute atomic E-state index is 3.93. The molecule has 0 bridgehead atoms. The molecule has 0 aliphatic heterocycles. The predicted octanol–water partition coefficient (Wildman–Crippen LogP) is -3.26. The summed E-state index contributed by atoms with van der Waals surface area (Å²) in [4.78, 5) is 28.8. The van der Waals surface area contributed by atoms with Crippen molar-refractivity contribution in [2.24, 2.45) is 0 Å². The second-order valence-corrected chi connectivity index (χ2v) is 25.0. The van der Waals surface area contributed by atoms with Gasteiger partial charge in [0.25, 0.3) is 0 Å². The number of hydrogen-bond donors (Lipinski definition) is 0. The number of rotatable bonds is 16. The van der Waals surface area contributed by atoms with E-state index < -0.39 is 8.07 Å². The number of halogens is 3. The quantitative estimate of drug-likeness (QED) is 0.0645. The van der Waals surface area contributed by atoms with Crippen LogP contribution in [0.1, 0.15) is 38.9 Å². The summed E-state index contributed by atoms with van der Waals surface area (Å²) in [6, 6.07) is 0. The number of nitrogens with zero attached hydrogens (tertiary/aromatic N) is 12.